The van der Waals surface area contributed by atoms with E-state index >= 15 is 0 Å². The number of fused-ring (bicyclic) bond motifs is 1. The van der Waals surface area contributed by atoms with Crippen LogP contribution in [0.3, 0.4) is 0 Å². The molecular formula is C10H8Cl. The zero-order valence-electron chi connectivity index (χ0n) is 6.05. The second-order valence-corrected chi connectivity index (χ2v) is 2.98. The summed E-state index contributed by atoms with van der Waals surface area (Å²) in [7, 11) is 0. The molecule has 1 heteroatoms. The van der Waals surface area contributed by atoms with E-state index in [9.17, 15) is 0 Å². The van der Waals surface area contributed by atoms with Gasteiger partial charge >= 0.3 is 0 Å². The summed E-state index contributed by atoms with van der Waals surface area (Å²) < 4.78 is 0. The molecule has 55 valence electrons. The molecule has 0 aliphatic heterocycles. The molecule has 0 saturated heterocycles. The molecule has 0 saturated carbocycles. The number of halogens is 1. The molecule has 1 aliphatic rings. The van der Waals surface area contributed by atoms with Gasteiger partial charge in [0.05, 0.1) is 0 Å². The summed E-state index contributed by atoms with van der Waals surface area (Å²) in [6, 6.07) is 9.07. The van der Waals surface area contributed by atoms with E-state index in [1.54, 1.807) is 0 Å². The molecule has 1 aromatic rings. The minimum atomic E-state index is 0.407. The largest absolute Gasteiger partial charge is 0.126 e. The second kappa shape index (κ2) is 2.71. The lowest BCUT2D eigenvalue weighted by molar-refractivity contribution is 0.999. The molecule has 2 rings (SSSR count). The third-order valence-electron chi connectivity index (χ3n) is 2.01. The first kappa shape index (κ1) is 6.93. The Hall–Kier alpha value is -0.750. The molecule has 11 heavy (non-hydrogen) atoms. The van der Waals surface area contributed by atoms with Crippen molar-refractivity contribution in [2.45, 2.75) is 5.92 Å². The van der Waals surface area contributed by atoms with E-state index in [0.717, 1.165) is 0 Å². The van der Waals surface area contributed by atoms with E-state index in [0.29, 0.717) is 11.8 Å². The highest BCUT2D eigenvalue weighted by Crippen LogP contribution is 2.29. The fourth-order valence-corrected chi connectivity index (χ4v) is 1.66. The number of benzene rings is 1. The molecule has 0 heterocycles. The van der Waals surface area contributed by atoms with Gasteiger partial charge in [0.2, 0.25) is 0 Å². The zero-order valence-corrected chi connectivity index (χ0v) is 6.81. The minimum absolute atomic E-state index is 0.407. The molecule has 0 fully saturated rings. The minimum Gasteiger partial charge on any atom is -0.126 e. The van der Waals surface area contributed by atoms with Gasteiger partial charge in [0.25, 0.3) is 0 Å². The molecular weight excluding hydrogens is 156 g/mol. The maximum Gasteiger partial charge on any atom is 0.0327 e. The lowest BCUT2D eigenvalue weighted by Gasteiger charge is -2.04. The van der Waals surface area contributed by atoms with Gasteiger partial charge in [0.1, 0.15) is 0 Å². The molecule has 1 unspecified atom stereocenters. The topological polar surface area (TPSA) is 0 Å². The standard InChI is InChI=1S/C10H8Cl/c11-7-9-6-5-8-3-1-2-4-10(8)9/h1,3-6,9H,7H2. The van der Waals surface area contributed by atoms with Crippen molar-refractivity contribution in [2.24, 2.45) is 0 Å². The number of allylic oxidation sites excluding steroid dienone is 1. The SMILES string of the molecule is ClCC1C=Cc2cc[c]cc21. The number of hydrogen-bond acceptors (Lipinski definition) is 0. The molecule has 0 N–H and O–H groups in total. The lowest BCUT2D eigenvalue weighted by atomic mass is 10.0. The summed E-state index contributed by atoms with van der Waals surface area (Å²) in [5.74, 6) is 1.07. The predicted molar refractivity (Wildman–Crippen MR) is 47.8 cm³/mol. The molecule has 1 aliphatic carbocycles. The van der Waals surface area contributed by atoms with Crippen molar-refractivity contribution in [3.05, 3.63) is 41.5 Å². The fourth-order valence-electron chi connectivity index (χ4n) is 1.39. The highest BCUT2D eigenvalue weighted by atomic mass is 35.5. The number of hydrogen-bond donors (Lipinski definition) is 0. The summed E-state index contributed by atoms with van der Waals surface area (Å²) in [5.41, 5.74) is 2.59. The highest BCUT2D eigenvalue weighted by molar-refractivity contribution is 6.18. The average Bonchev–Trinajstić information content (AvgIpc) is 2.47. The Bertz CT molecular complexity index is 289. The Labute approximate surface area is 71.5 Å². The molecule has 0 nitrogen and oxygen atoms in total. The summed E-state index contributed by atoms with van der Waals surface area (Å²) >= 11 is 5.77. The zero-order chi connectivity index (χ0) is 7.68. The van der Waals surface area contributed by atoms with Gasteiger partial charge < -0.3 is 0 Å². The van der Waals surface area contributed by atoms with Crippen LogP contribution in [0.5, 0.6) is 0 Å². The van der Waals surface area contributed by atoms with E-state index in [2.05, 4.69) is 24.3 Å². The first-order valence-corrected chi connectivity index (χ1v) is 4.19. The van der Waals surface area contributed by atoms with Crippen LogP contribution in [0.1, 0.15) is 17.0 Å². The van der Waals surface area contributed by atoms with Gasteiger partial charge in [0, 0.05) is 11.8 Å². The van der Waals surface area contributed by atoms with Crippen LogP contribution in [0.25, 0.3) is 6.08 Å². The van der Waals surface area contributed by atoms with Crippen LogP contribution in [-0.4, -0.2) is 5.88 Å². The average molecular weight is 164 g/mol. The lowest BCUT2D eigenvalue weighted by Crippen LogP contribution is -1.93. The molecule has 1 aromatic carbocycles. The summed E-state index contributed by atoms with van der Waals surface area (Å²) in [6.07, 6.45) is 4.27. The van der Waals surface area contributed by atoms with Gasteiger partial charge in [-0.1, -0.05) is 24.3 Å². The van der Waals surface area contributed by atoms with E-state index < -0.39 is 0 Å². The van der Waals surface area contributed by atoms with Crippen LogP contribution >= 0.6 is 11.6 Å². The van der Waals surface area contributed by atoms with Gasteiger partial charge in [-0.05, 0) is 23.3 Å². The normalized spacial score (nSPS) is 20.3. The van der Waals surface area contributed by atoms with Gasteiger partial charge in [-0.15, -0.1) is 11.6 Å². The molecule has 0 amide bonds. The Morgan fingerprint density at radius 2 is 2.45 bits per heavy atom. The quantitative estimate of drug-likeness (QED) is 0.559. The maximum absolute atomic E-state index is 5.77. The van der Waals surface area contributed by atoms with Crippen LogP contribution in [0.2, 0.25) is 0 Å². The van der Waals surface area contributed by atoms with Crippen molar-refractivity contribution < 1.29 is 0 Å². The Balaban J connectivity index is 2.46. The molecule has 0 bridgehead atoms. The third-order valence-corrected chi connectivity index (χ3v) is 2.34. The number of rotatable bonds is 1. The van der Waals surface area contributed by atoms with Gasteiger partial charge in [-0.2, -0.15) is 0 Å². The van der Waals surface area contributed by atoms with Crippen LogP contribution in [0.4, 0.5) is 0 Å². The summed E-state index contributed by atoms with van der Waals surface area (Å²) in [5, 5.41) is 0. The predicted octanol–water partition coefficient (Wildman–Crippen LogP) is 2.84. The van der Waals surface area contributed by atoms with Crippen molar-refractivity contribution in [3.63, 3.8) is 0 Å². The summed E-state index contributed by atoms with van der Waals surface area (Å²) in [4.78, 5) is 0. The fraction of sp³-hybridized carbons (Fsp3) is 0.200. The van der Waals surface area contributed by atoms with Gasteiger partial charge in [-0.3, -0.25) is 0 Å². The Morgan fingerprint density at radius 1 is 1.55 bits per heavy atom. The van der Waals surface area contributed by atoms with Gasteiger partial charge in [0.15, 0.2) is 0 Å². The molecule has 1 atom stereocenters. The van der Waals surface area contributed by atoms with Crippen molar-refractivity contribution in [1.82, 2.24) is 0 Å². The Morgan fingerprint density at radius 3 is 3.27 bits per heavy atom. The van der Waals surface area contributed by atoms with E-state index in [1.807, 2.05) is 12.1 Å². The van der Waals surface area contributed by atoms with Gasteiger partial charge in [-0.25, -0.2) is 0 Å². The monoisotopic (exact) mass is 163 g/mol. The van der Waals surface area contributed by atoms with E-state index in [4.69, 9.17) is 11.6 Å². The molecule has 0 spiro atoms. The van der Waals surface area contributed by atoms with Crippen LogP contribution in [0.15, 0.2) is 24.3 Å². The maximum atomic E-state index is 5.77. The second-order valence-electron chi connectivity index (χ2n) is 2.67. The van der Waals surface area contributed by atoms with Crippen molar-refractivity contribution in [3.8, 4) is 0 Å². The Kier molecular flexibility index (Phi) is 1.71. The van der Waals surface area contributed by atoms with Crippen molar-refractivity contribution in [2.75, 3.05) is 5.88 Å². The van der Waals surface area contributed by atoms with Crippen LogP contribution in [-0.2, 0) is 0 Å². The van der Waals surface area contributed by atoms with Crippen molar-refractivity contribution >= 4 is 17.7 Å². The van der Waals surface area contributed by atoms with E-state index in [1.165, 1.54) is 11.1 Å². The smallest absolute Gasteiger partial charge is 0.0327 e. The van der Waals surface area contributed by atoms with Crippen molar-refractivity contribution in [1.29, 1.82) is 0 Å². The highest BCUT2D eigenvalue weighted by Gasteiger charge is 2.14. The summed E-state index contributed by atoms with van der Waals surface area (Å²) in [6.45, 7) is 0. The third kappa shape index (κ3) is 1.08. The molecule has 1 radical (unpaired) electrons. The van der Waals surface area contributed by atoms with E-state index in [-0.39, 0.29) is 0 Å². The first-order chi connectivity index (χ1) is 5.42. The van der Waals surface area contributed by atoms with Crippen LogP contribution < -0.4 is 0 Å². The first-order valence-electron chi connectivity index (χ1n) is 3.66. The van der Waals surface area contributed by atoms with Crippen LogP contribution in [0, 0.1) is 6.07 Å². The molecule has 0 aromatic heterocycles. The number of alkyl halides is 1.